The lowest BCUT2D eigenvalue weighted by atomic mass is 9.96. The summed E-state index contributed by atoms with van der Waals surface area (Å²) in [5.74, 6) is -14.0. The molecule has 1 saturated heterocycles. The highest BCUT2D eigenvalue weighted by molar-refractivity contribution is 6.00. The molecule has 0 saturated carbocycles. The van der Waals surface area contributed by atoms with Gasteiger partial charge in [0.2, 0.25) is 70.9 Å². The van der Waals surface area contributed by atoms with Gasteiger partial charge in [0.05, 0.1) is 18.6 Å². The van der Waals surface area contributed by atoms with Gasteiger partial charge in [0.25, 0.3) is 0 Å². The van der Waals surface area contributed by atoms with E-state index in [4.69, 9.17) is 17.2 Å². The fourth-order valence-corrected chi connectivity index (χ4v) is 10.7. The van der Waals surface area contributed by atoms with Crippen molar-refractivity contribution in [1.82, 2.24) is 63.4 Å². The number of rotatable bonds is 43. The molecule has 1 aliphatic rings. The maximum atomic E-state index is 14.8. The molecule has 12 amide bonds. The van der Waals surface area contributed by atoms with E-state index < -0.39 is 180 Å². The summed E-state index contributed by atoms with van der Waals surface area (Å²) in [6.07, 6.45) is -0.332. The Kier molecular flexibility index (Phi) is 36.1. The number of benzene rings is 2. The third-order valence-electron chi connectivity index (χ3n) is 16.8. The molecule has 2 aromatic rings. The lowest BCUT2D eigenvalue weighted by molar-refractivity contribution is -0.142. The number of aromatic hydroxyl groups is 1. The van der Waals surface area contributed by atoms with E-state index in [1.807, 2.05) is 0 Å². The van der Waals surface area contributed by atoms with Crippen LogP contribution in [0.1, 0.15) is 144 Å². The number of nitrogens with one attached hydrogen (secondary N) is 11. The highest BCUT2D eigenvalue weighted by atomic mass is 16.4. The summed E-state index contributed by atoms with van der Waals surface area (Å²) < 4.78 is 0. The zero-order valence-corrected chi connectivity index (χ0v) is 58.4. The van der Waals surface area contributed by atoms with Crippen molar-refractivity contribution in [2.24, 2.45) is 29.0 Å². The first-order valence-electron chi connectivity index (χ1n) is 33.9. The third kappa shape index (κ3) is 28.5. The number of hydrogen-bond acceptors (Lipinski definition) is 19. The zero-order chi connectivity index (χ0) is 75.1. The molecule has 0 radical (unpaired) electrons. The molecule has 1 fully saturated rings. The summed E-state index contributed by atoms with van der Waals surface area (Å²) in [7, 11) is 0. The minimum Gasteiger partial charge on any atom is -0.508 e. The largest absolute Gasteiger partial charge is 0.508 e. The summed E-state index contributed by atoms with van der Waals surface area (Å²) in [5.41, 5.74) is 18.2. The molecular weight excluding hydrogens is 1300 g/mol. The molecule has 2 aromatic carbocycles. The minimum atomic E-state index is -1.69. The Hall–Kier alpha value is -9.34. The SMILES string of the molecule is CC[C@H](C)[C@H](NC(=O)[C@H](CC(C)C)NC(=O)[C@H](CC(=O)O)NC(=O)[C@H](C)N)C(=O)N[C@@H](C)C(=O)N[C@@H](Cc1ccc(O)cc1)C(=O)N1CCC[C@H]1C(=O)N[C@@H](CCCCN)C(=O)N[C@@H](C)C(=O)N[C@@H](C)C(=O)N[C@H](C(=O)N[C@@H](CCCCN)C(=O)N[C@@H](Cc1ccccc1)C(=O)O)[C@@H](C)O. The number of carboxylic acid groups (broad SMARTS) is 2. The number of nitrogens with two attached hydrogens (primary N) is 3. The van der Waals surface area contributed by atoms with E-state index in [0.717, 1.165) is 0 Å². The molecule has 556 valence electrons. The second-order valence-corrected chi connectivity index (χ2v) is 25.8. The Morgan fingerprint density at radius 2 is 0.940 bits per heavy atom. The monoisotopic (exact) mass is 1410 g/mol. The normalized spacial score (nSPS) is 16.9. The number of amides is 12. The Labute approximate surface area is 582 Å². The van der Waals surface area contributed by atoms with Gasteiger partial charge in [0.15, 0.2) is 0 Å². The van der Waals surface area contributed by atoms with Crippen LogP contribution in [0.3, 0.4) is 0 Å². The molecule has 3 rings (SSSR count). The number of carboxylic acids is 2. The predicted molar refractivity (Wildman–Crippen MR) is 365 cm³/mol. The zero-order valence-electron chi connectivity index (χ0n) is 58.4. The quantitative estimate of drug-likeness (QED) is 0.0298. The van der Waals surface area contributed by atoms with Crippen molar-refractivity contribution in [3.8, 4) is 5.75 Å². The second kappa shape index (κ2) is 42.6. The van der Waals surface area contributed by atoms with E-state index in [1.54, 1.807) is 58.0 Å². The van der Waals surface area contributed by atoms with Crippen LogP contribution < -0.4 is 75.7 Å². The summed E-state index contributed by atoms with van der Waals surface area (Å²) in [4.78, 5) is 191. The molecular formula is C67H105N15O18. The number of aliphatic carboxylic acids is 2. The number of carbonyl (C=O) groups is 14. The van der Waals surface area contributed by atoms with Gasteiger partial charge in [-0.2, -0.15) is 0 Å². The lowest BCUT2D eigenvalue weighted by Gasteiger charge is -2.31. The molecule has 0 aromatic heterocycles. The van der Waals surface area contributed by atoms with Gasteiger partial charge in [-0.05, 0) is 141 Å². The number of aliphatic hydroxyl groups is 1. The van der Waals surface area contributed by atoms with E-state index in [9.17, 15) is 87.5 Å². The smallest absolute Gasteiger partial charge is 0.326 e. The third-order valence-corrected chi connectivity index (χ3v) is 16.8. The molecule has 33 heteroatoms. The number of hydrogen-bond donors (Lipinski definition) is 18. The van der Waals surface area contributed by atoms with Crippen LogP contribution in [0.15, 0.2) is 54.6 Å². The van der Waals surface area contributed by atoms with Crippen LogP contribution in [0, 0.1) is 11.8 Å². The van der Waals surface area contributed by atoms with Gasteiger partial charge < -0.3 is 101 Å². The molecule has 0 unspecified atom stereocenters. The predicted octanol–water partition coefficient (Wildman–Crippen LogP) is -2.80. The van der Waals surface area contributed by atoms with Crippen molar-refractivity contribution in [2.75, 3.05) is 19.6 Å². The van der Waals surface area contributed by atoms with Crippen molar-refractivity contribution >= 4 is 82.8 Å². The average Bonchev–Trinajstić information content (AvgIpc) is 1.59. The van der Waals surface area contributed by atoms with Crippen LogP contribution in [-0.2, 0) is 80.0 Å². The van der Waals surface area contributed by atoms with E-state index in [2.05, 4.69) is 58.5 Å². The molecule has 1 heterocycles. The number of likely N-dealkylation sites (tertiary alicyclic amines) is 1. The van der Waals surface area contributed by atoms with E-state index in [1.165, 1.54) is 63.8 Å². The molecule has 100 heavy (non-hydrogen) atoms. The Morgan fingerprint density at radius 1 is 0.500 bits per heavy atom. The van der Waals surface area contributed by atoms with E-state index >= 15 is 0 Å². The number of unbranched alkanes of at least 4 members (excludes halogenated alkanes) is 2. The molecule has 0 spiro atoms. The molecule has 21 N–H and O–H groups in total. The Balaban J connectivity index is 1.78. The second-order valence-electron chi connectivity index (χ2n) is 25.8. The Bertz CT molecular complexity index is 3100. The van der Waals surface area contributed by atoms with Crippen molar-refractivity contribution in [1.29, 1.82) is 0 Å². The minimum absolute atomic E-state index is 0.0134. The number of phenolic OH excluding ortho intramolecular Hbond substituents is 1. The van der Waals surface area contributed by atoms with Gasteiger partial charge in [-0.25, -0.2) is 4.79 Å². The van der Waals surface area contributed by atoms with Crippen LogP contribution in [0.25, 0.3) is 0 Å². The molecule has 0 bridgehead atoms. The fraction of sp³-hybridized carbons (Fsp3) is 0.612. The van der Waals surface area contributed by atoms with Gasteiger partial charge in [-0.3, -0.25) is 62.3 Å². The van der Waals surface area contributed by atoms with Crippen LogP contribution >= 0.6 is 0 Å². The van der Waals surface area contributed by atoms with Crippen molar-refractivity contribution in [3.63, 3.8) is 0 Å². The van der Waals surface area contributed by atoms with Gasteiger partial charge in [-0.15, -0.1) is 0 Å². The maximum absolute atomic E-state index is 14.8. The topological polar surface area (TPSA) is 534 Å². The summed E-state index contributed by atoms with van der Waals surface area (Å²) in [5, 5.41) is 67.9. The number of nitrogens with zero attached hydrogens (tertiary/aromatic N) is 1. The van der Waals surface area contributed by atoms with Gasteiger partial charge in [-0.1, -0.05) is 76.6 Å². The highest BCUT2D eigenvalue weighted by Crippen LogP contribution is 2.22. The standard InChI is InChI=1S/C67H105N15O18/c1-10-36(4)53(80-62(94)47(31-35(2)3)77-61(93)48(34-52(85)86)76-55(87)37(5)70)64(96)73-39(7)57(89)78-49(32-43-24-26-44(84)27-25-43)66(98)82-30-18-23-51(82)63(95)74-45(21-14-16-28-68)59(91)72-38(6)56(88)71-40(8)58(90)81-54(41(9)83)65(97)75-46(22-15-17-29-69)60(92)79-50(67(99)100)33-42-19-12-11-13-20-42/h11-13,19-20,24-27,35-41,45-51,53-54,83-84H,10,14-18,21-23,28-34,68-70H2,1-9H3,(H,71,88)(H,72,91)(H,73,96)(H,74,95)(H,75,97)(H,76,87)(H,77,93)(H,78,89)(H,79,92)(H,80,94)(H,81,90)(H,85,86)(H,99,100)/t36-,37-,38-,39-,40-,41+,45-,46-,47-,48-,49-,50-,51-,53-,54-/m0/s1. The number of aliphatic hydroxyl groups excluding tert-OH is 1. The van der Waals surface area contributed by atoms with E-state index in [-0.39, 0.29) is 69.8 Å². The maximum Gasteiger partial charge on any atom is 0.326 e. The van der Waals surface area contributed by atoms with Crippen molar-refractivity contribution in [2.45, 2.75) is 230 Å². The summed E-state index contributed by atoms with van der Waals surface area (Å²) in [6.45, 7) is 13.8. The van der Waals surface area contributed by atoms with Crippen LogP contribution in [0.5, 0.6) is 5.75 Å². The van der Waals surface area contributed by atoms with Gasteiger partial charge >= 0.3 is 11.9 Å². The summed E-state index contributed by atoms with van der Waals surface area (Å²) in [6, 6.07) is -3.53. The summed E-state index contributed by atoms with van der Waals surface area (Å²) >= 11 is 0. The number of phenols is 1. The first kappa shape index (κ1) is 84.9. The van der Waals surface area contributed by atoms with Gasteiger partial charge in [0.1, 0.15) is 78.3 Å². The van der Waals surface area contributed by atoms with Crippen molar-refractivity contribution in [3.05, 3.63) is 65.7 Å². The molecule has 33 nitrogen and oxygen atoms in total. The number of carbonyl (C=O) groups excluding carboxylic acids is 12. The van der Waals surface area contributed by atoms with E-state index in [0.29, 0.717) is 49.7 Å². The Morgan fingerprint density at radius 3 is 1.47 bits per heavy atom. The molecule has 1 aliphatic heterocycles. The first-order valence-corrected chi connectivity index (χ1v) is 33.9. The first-order chi connectivity index (χ1) is 47.1. The lowest BCUT2D eigenvalue weighted by Crippen LogP contribution is -2.61. The van der Waals surface area contributed by atoms with Crippen LogP contribution in [-0.4, -0.2) is 212 Å². The molecule has 0 aliphatic carbocycles. The van der Waals surface area contributed by atoms with Crippen LogP contribution in [0.4, 0.5) is 0 Å². The highest BCUT2D eigenvalue weighted by Gasteiger charge is 2.41. The molecule has 15 atom stereocenters. The van der Waals surface area contributed by atoms with Crippen LogP contribution in [0.2, 0.25) is 0 Å². The van der Waals surface area contributed by atoms with Gasteiger partial charge in [0, 0.05) is 19.4 Å². The fourth-order valence-electron chi connectivity index (χ4n) is 10.7. The van der Waals surface area contributed by atoms with Crippen molar-refractivity contribution < 1.29 is 87.5 Å². The average molecular weight is 1410 g/mol.